The molecule has 0 bridgehead atoms. The number of ether oxygens (including phenoxy) is 2. The van der Waals surface area contributed by atoms with Crippen molar-refractivity contribution in [3.8, 4) is 28.6 Å². The van der Waals surface area contributed by atoms with E-state index in [2.05, 4.69) is 4.90 Å². The Labute approximate surface area is 174 Å². The molecule has 4 rings (SSSR count). The molecule has 2 heterocycles. The summed E-state index contributed by atoms with van der Waals surface area (Å²) in [6, 6.07) is 11.6. The highest BCUT2D eigenvalue weighted by atomic mass is 16.5. The molecule has 0 amide bonds. The average molecular weight is 411 g/mol. The van der Waals surface area contributed by atoms with Crippen LogP contribution < -0.4 is 10.2 Å². The van der Waals surface area contributed by atoms with E-state index in [4.69, 9.17) is 13.9 Å². The fourth-order valence-electron chi connectivity index (χ4n) is 3.60. The molecule has 0 saturated carbocycles. The lowest BCUT2D eigenvalue weighted by molar-refractivity contribution is 0.0368. The second-order valence-corrected chi connectivity index (χ2v) is 7.30. The molecule has 1 fully saturated rings. The Balaban J connectivity index is 1.54. The van der Waals surface area contributed by atoms with Crippen LogP contribution in [0, 0.1) is 0 Å². The molecular formula is C23H25NO6. The summed E-state index contributed by atoms with van der Waals surface area (Å²) in [7, 11) is 0. The third-order valence-electron chi connectivity index (χ3n) is 5.19. The van der Waals surface area contributed by atoms with Crippen molar-refractivity contribution < 1.29 is 24.1 Å². The van der Waals surface area contributed by atoms with Gasteiger partial charge in [-0.05, 0) is 19.4 Å². The smallest absolute Gasteiger partial charge is 0.205 e. The van der Waals surface area contributed by atoms with Crippen LogP contribution >= 0.6 is 0 Å². The van der Waals surface area contributed by atoms with Gasteiger partial charge >= 0.3 is 0 Å². The zero-order valence-corrected chi connectivity index (χ0v) is 16.7. The lowest BCUT2D eigenvalue weighted by Crippen LogP contribution is -2.36. The van der Waals surface area contributed by atoms with Crippen LogP contribution in [0.4, 0.5) is 0 Å². The SMILES string of the molecule is O=c1cc(-c2ccccc2)oc2c(OCCCCN3CCOCC3)c(O)cc(O)c12. The van der Waals surface area contributed by atoms with E-state index in [9.17, 15) is 15.0 Å². The van der Waals surface area contributed by atoms with Gasteiger partial charge in [0, 0.05) is 30.8 Å². The predicted octanol–water partition coefficient (Wildman–Crippen LogP) is 3.36. The summed E-state index contributed by atoms with van der Waals surface area (Å²) in [5.41, 5.74) is 0.368. The number of phenolic OH excluding ortho intramolecular Hbond substituents is 2. The van der Waals surface area contributed by atoms with Crippen molar-refractivity contribution in [2.24, 2.45) is 0 Å². The topological polar surface area (TPSA) is 92.4 Å². The molecule has 0 spiro atoms. The van der Waals surface area contributed by atoms with E-state index in [1.165, 1.54) is 6.07 Å². The van der Waals surface area contributed by atoms with Gasteiger partial charge in [-0.3, -0.25) is 9.69 Å². The lowest BCUT2D eigenvalue weighted by Gasteiger charge is -2.26. The summed E-state index contributed by atoms with van der Waals surface area (Å²) in [4.78, 5) is 15.0. The predicted molar refractivity (Wildman–Crippen MR) is 113 cm³/mol. The van der Waals surface area contributed by atoms with Crippen LogP contribution in [0.3, 0.4) is 0 Å². The monoisotopic (exact) mass is 411 g/mol. The maximum absolute atomic E-state index is 12.6. The number of unbranched alkanes of at least 4 members (excludes halogenated alkanes) is 1. The van der Waals surface area contributed by atoms with Gasteiger partial charge in [0.2, 0.25) is 5.75 Å². The van der Waals surface area contributed by atoms with Crippen molar-refractivity contribution in [3.05, 3.63) is 52.7 Å². The van der Waals surface area contributed by atoms with E-state index in [0.29, 0.717) is 12.4 Å². The average Bonchev–Trinajstić information content (AvgIpc) is 2.76. The number of fused-ring (bicyclic) bond motifs is 1. The highest BCUT2D eigenvalue weighted by Gasteiger charge is 2.19. The zero-order valence-electron chi connectivity index (χ0n) is 16.7. The van der Waals surface area contributed by atoms with Gasteiger partial charge in [-0.2, -0.15) is 0 Å². The molecule has 7 heteroatoms. The quantitative estimate of drug-likeness (QED) is 0.576. The second-order valence-electron chi connectivity index (χ2n) is 7.30. The van der Waals surface area contributed by atoms with Crippen molar-refractivity contribution in [3.63, 3.8) is 0 Å². The summed E-state index contributed by atoms with van der Waals surface area (Å²) < 4.78 is 17.1. The summed E-state index contributed by atoms with van der Waals surface area (Å²) in [5.74, 6) is -0.184. The Bertz CT molecular complexity index is 1060. The van der Waals surface area contributed by atoms with E-state index >= 15 is 0 Å². The number of rotatable bonds is 7. The molecule has 0 radical (unpaired) electrons. The summed E-state index contributed by atoms with van der Waals surface area (Å²) in [6.07, 6.45) is 1.72. The second kappa shape index (κ2) is 9.19. The summed E-state index contributed by atoms with van der Waals surface area (Å²) in [5, 5.41) is 20.5. The van der Waals surface area contributed by atoms with E-state index in [-0.39, 0.29) is 28.2 Å². The number of benzene rings is 2. The van der Waals surface area contributed by atoms with Crippen molar-refractivity contribution in [1.29, 1.82) is 0 Å². The van der Waals surface area contributed by atoms with Crippen molar-refractivity contribution in [1.82, 2.24) is 4.90 Å². The molecule has 30 heavy (non-hydrogen) atoms. The summed E-state index contributed by atoms with van der Waals surface area (Å²) >= 11 is 0. The molecule has 2 aromatic carbocycles. The fraction of sp³-hybridized carbons (Fsp3) is 0.348. The minimum absolute atomic E-state index is 0.00389. The number of nitrogens with zero attached hydrogens (tertiary/aromatic N) is 1. The molecule has 1 aromatic heterocycles. The fourth-order valence-corrected chi connectivity index (χ4v) is 3.60. The first-order chi connectivity index (χ1) is 14.6. The minimum Gasteiger partial charge on any atom is -0.507 e. The zero-order chi connectivity index (χ0) is 20.9. The Hall–Kier alpha value is -3.03. The number of hydrogen-bond acceptors (Lipinski definition) is 7. The van der Waals surface area contributed by atoms with Crippen LogP contribution in [0.15, 0.2) is 51.7 Å². The molecule has 3 aromatic rings. The van der Waals surface area contributed by atoms with Gasteiger partial charge in [-0.25, -0.2) is 0 Å². The standard InChI is InChI=1S/C23H25NO6/c25-17-14-19(27)22(29-11-5-4-8-24-9-12-28-13-10-24)23-21(17)18(26)15-20(30-23)16-6-2-1-3-7-16/h1-3,6-7,14-15,25,27H,4-5,8-13H2. The first kappa shape index (κ1) is 20.3. The molecule has 0 unspecified atom stereocenters. The highest BCUT2D eigenvalue weighted by Crippen LogP contribution is 2.40. The van der Waals surface area contributed by atoms with Gasteiger partial charge in [0.05, 0.1) is 19.8 Å². The van der Waals surface area contributed by atoms with Gasteiger partial charge in [0.25, 0.3) is 0 Å². The van der Waals surface area contributed by atoms with E-state index in [1.54, 1.807) is 0 Å². The van der Waals surface area contributed by atoms with Gasteiger partial charge < -0.3 is 24.1 Å². The maximum Gasteiger partial charge on any atom is 0.205 e. The van der Waals surface area contributed by atoms with Crippen LogP contribution in [0.1, 0.15) is 12.8 Å². The summed E-state index contributed by atoms with van der Waals surface area (Å²) in [6.45, 7) is 4.74. The number of morpholine rings is 1. The molecular weight excluding hydrogens is 386 g/mol. The van der Waals surface area contributed by atoms with Gasteiger partial charge in [-0.1, -0.05) is 30.3 Å². The van der Waals surface area contributed by atoms with Crippen molar-refractivity contribution >= 4 is 11.0 Å². The van der Waals surface area contributed by atoms with Crippen LogP contribution in [0.25, 0.3) is 22.3 Å². The van der Waals surface area contributed by atoms with E-state index in [0.717, 1.165) is 57.3 Å². The minimum atomic E-state index is -0.398. The molecule has 0 atom stereocenters. The molecule has 1 saturated heterocycles. The third kappa shape index (κ3) is 4.42. The molecule has 0 aliphatic carbocycles. The normalized spacial score (nSPS) is 14.8. The lowest BCUT2D eigenvalue weighted by atomic mass is 10.1. The largest absolute Gasteiger partial charge is 0.507 e. The Morgan fingerprint density at radius 3 is 2.53 bits per heavy atom. The Morgan fingerprint density at radius 1 is 1.00 bits per heavy atom. The van der Waals surface area contributed by atoms with Gasteiger partial charge in [0.1, 0.15) is 16.9 Å². The van der Waals surface area contributed by atoms with Crippen LogP contribution in [-0.4, -0.2) is 54.6 Å². The van der Waals surface area contributed by atoms with Crippen LogP contribution in [0.5, 0.6) is 17.2 Å². The maximum atomic E-state index is 12.6. The first-order valence-electron chi connectivity index (χ1n) is 10.1. The Kier molecular flexibility index (Phi) is 6.21. The van der Waals surface area contributed by atoms with E-state index in [1.807, 2.05) is 30.3 Å². The third-order valence-corrected chi connectivity index (χ3v) is 5.19. The van der Waals surface area contributed by atoms with Crippen molar-refractivity contribution in [2.75, 3.05) is 39.5 Å². The highest BCUT2D eigenvalue weighted by molar-refractivity contribution is 5.91. The molecule has 158 valence electrons. The number of phenols is 2. The van der Waals surface area contributed by atoms with E-state index < -0.39 is 5.43 Å². The molecule has 7 nitrogen and oxygen atoms in total. The van der Waals surface area contributed by atoms with Gasteiger partial charge in [-0.15, -0.1) is 0 Å². The number of aromatic hydroxyl groups is 2. The Morgan fingerprint density at radius 2 is 1.77 bits per heavy atom. The van der Waals surface area contributed by atoms with Crippen LogP contribution in [0.2, 0.25) is 0 Å². The van der Waals surface area contributed by atoms with Crippen LogP contribution in [-0.2, 0) is 4.74 Å². The number of hydrogen-bond donors (Lipinski definition) is 2. The van der Waals surface area contributed by atoms with Crippen molar-refractivity contribution in [2.45, 2.75) is 12.8 Å². The van der Waals surface area contributed by atoms with Gasteiger partial charge in [0.15, 0.2) is 16.8 Å². The molecule has 2 N–H and O–H groups in total. The first-order valence-corrected chi connectivity index (χ1v) is 10.1. The molecule has 1 aliphatic heterocycles. The molecule has 1 aliphatic rings.